The van der Waals surface area contributed by atoms with Gasteiger partial charge in [0.2, 0.25) is 10.0 Å². The maximum absolute atomic E-state index is 12.8. The zero-order chi connectivity index (χ0) is 16.5. The lowest BCUT2D eigenvalue weighted by atomic mass is 10.2. The first-order chi connectivity index (χ1) is 10.2. The number of aliphatic carboxylic acids is 1. The van der Waals surface area contributed by atoms with Gasteiger partial charge in [-0.05, 0) is 38.0 Å². The standard InChI is InChI=1S/C15H22N2O4S/c1-11-4-5-12(2)14(10-11)22(20,21)17-8-6-16(7-9-17)13(3)15(18)19/h4-5,10,13H,6-9H2,1-3H3,(H,18,19). The molecule has 1 saturated heterocycles. The summed E-state index contributed by atoms with van der Waals surface area (Å²) in [5.74, 6) is -0.883. The van der Waals surface area contributed by atoms with Crippen molar-refractivity contribution in [2.75, 3.05) is 26.2 Å². The van der Waals surface area contributed by atoms with E-state index < -0.39 is 22.0 Å². The predicted octanol–water partition coefficient (Wildman–Crippen LogP) is 1.08. The van der Waals surface area contributed by atoms with E-state index in [1.54, 1.807) is 24.8 Å². The first kappa shape index (κ1) is 16.9. The third-order valence-corrected chi connectivity index (χ3v) is 6.18. The van der Waals surface area contributed by atoms with E-state index in [9.17, 15) is 13.2 Å². The highest BCUT2D eigenvalue weighted by Gasteiger charge is 2.32. The van der Waals surface area contributed by atoms with Gasteiger partial charge in [0.05, 0.1) is 4.90 Å². The lowest BCUT2D eigenvalue weighted by molar-refractivity contribution is -0.143. The van der Waals surface area contributed by atoms with Crippen molar-refractivity contribution >= 4 is 16.0 Å². The number of benzene rings is 1. The van der Waals surface area contributed by atoms with Crippen LogP contribution in [0, 0.1) is 13.8 Å². The van der Waals surface area contributed by atoms with Gasteiger partial charge in [0.25, 0.3) is 0 Å². The summed E-state index contributed by atoms with van der Waals surface area (Å²) in [4.78, 5) is 13.1. The second-order valence-corrected chi connectivity index (χ2v) is 7.63. The van der Waals surface area contributed by atoms with Gasteiger partial charge in [-0.3, -0.25) is 9.69 Å². The van der Waals surface area contributed by atoms with Crippen molar-refractivity contribution < 1.29 is 18.3 Å². The molecule has 0 saturated carbocycles. The summed E-state index contributed by atoms with van der Waals surface area (Å²) < 4.78 is 27.0. The van der Waals surface area contributed by atoms with Gasteiger partial charge in [-0.1, -0.05) is 12.1 Å². The summed E-state index contributed by atoms with van der Waals surface area (Å²) in [5, 5.41) is 9.03. The Morgan fingerprint density at radius 2 is 1.77 bits per heavy atom. The molecule has 122 valence electrons. The molecule has 0 spiro atoms. The van der Waals surface area contributed by atoms with Gasteiger partial charge in [-0.15, -0.1) is 0 Å². The molecular formula is C15H22N2O4S. The van der Waals surface area contributed by atoms with Crippen LogP contribution in [0.4, 0.5) is 0 Å². The molecule has 1 N–H and O–H groups in total. The highest BCUT2D eigenvalue weighted by atomic mass is 32.2. The van der Waals surface area contributed by atoms with Gasteiger partial charge in [-0.2, -0.15) is 4.31 Å². The Morgan fingerprint density at radius 3 is 2.32 bits per heavy atom. The van der Waals surface area contributed by atoms with E-state index in [1.165, 1.54) is 4.31 Å². The van der Waals surface area contributed by atoms with E-state index in [-0.39, 0.29) is 0 Å². The SMILES string of the molecule is Cc1ccc(C)c(S(=O)(=O)N2CCN(C(C)C(=O)O)CC2)c1. The Labute approximate surface area is 131 Å². The predicted molar refractivity (Wildman–Crippen MR) is 83.3 cm³/mol. The van der Waals surface area contributed by atoms with E-state index >= 15 is 0 Å². The quantitative estimate of drug-likeness (QED) is 0.896. The van der Waals surface area contributed by atoms with E-state index in [2.05, 4.69) is 0 Å². The molecule has 7 heteroatoms. The molecule has 0 aliphatic carbocycles. The minimum Gasteiger partial charge on any atom is -0.480 e. The van der Waals surface area contributed by atoms with Crippen LogP contribution in [0.1, 0.15) is 18.1 Å². The number of rotatable bonds is 4. The van der Waals surface area contributed by atoms with Gasteiger partial charge in [0.1, 0.15) is 6.04 Å². The summed E-state index contributed by atoms with van der Waals surface area (Å²) in [7, 11) is -3.53. The topological polar surface area (TPSA) is 77.9 Å². The molecule has 1 unspecified atom stereocenters. The molecule has 2 rings (SSSR count). The summed E-state index contributed by atoms with van der Waals surface area (Å²) in [5.41, 5.74) is 1.63. The summed E-state index contributed by atoms with van der Waals surface area (Å²) in [6.45, 7) is 6.76. The van der Waals surface area contributed by atoms with Crippen LogP contribution in [0.15, 0.2) is 23.1 Å². The molecule has 1 aromatic rings. The minimum absolute atomic E-state index is 0.313. The highest BCUT2D eigenvalue weighted by Crippen LogP contribution is 2.22. The molecule has 6 nitrogen and oxygen atoms in total. The van der Waals surface area contributed by atoms with E-state index in [0.29, 0.717) is 31.1 Å². The number of hydrogen-bond donors (Lipinski definition) is 1. The van der Waals surface area contributed by atoms with E-state index in [1.807, 2.05) is 19.1 Å². The molecular weight excluding hydrogens is 304 g/mol. The Kier molecular flexibility index (Phi) is 4.89. The lowest BCUT2D eigenvalue weighted by Crippen LogP contribution is -2.53. The third-order valence-electron chi connectivity index (χ3n) is 4.14. The van der Waals surface area contributed by atoms with Crippen LogP contribution in [-0.2, 0) is 14.8 Å². The van der Waals surface area contributed by atoms with Crippen molar-refractivity contribution in [3.05, 3.63) is 29.3 Å². The molecule has 1 fully saturated rings. The Morgan fingerprint density at radius 1 is 1.18 bits per heavy atom. The maximum atomic E-state index is 12.8. The fourth-order valence-electron chi connectivity index (χ4n) is 2.61. The van der Waals surface area contributed by atoms with Crippen molar-refractivity contribution in [1.82, 2.24) is 9.21 Å². The molecule has 22 heavy (non-hydrogen) atoms. The first-order valence-corrected chi connectivity index (χ1v) is 8.71. The Hall–Kier alpha value is -1.44. The zero-order valence-electron chi connectivity index (χ0n) is 13.1. The molecule has 1 aromatic carbocycles. The molecule has 1 aliphatic rings. The second-order valence-electron chi connectivity index (χ2n) is 5.72. The first-order valence-electron chi connectivity index (χ1n) is 7.27. The Balaban J connectivity index is 2.16. The summed E-state index contributed by atoms with van der Waals surface area (Å²) in [6.07, 6.45) is 0. The number of hydrogen-bond acceptors (Lipinski definition) is 4. The van der Waals surface area contributed by atoms with Crippen LogP contribution < -0.4 is 0 Å². The van der Waals surface area contributed by atoms with Crippen molar-refractivity contribution in [3.63, 3.8) is 0 Å². The number of carbonyl (C=O) groups is 1. The highest BCUT2D eigenvalue weighted by molar-refractivity contribution is 7.89. The number of carboxylic acids is 1. The van der Waals surface area contributed by atoms with Crippen LogP contribution in [0.5, 0.6) is 0 Å². The van der Waals surface area contributed by atoms with Gasteiger partial charge < -0.3 is 5.11 Å². The number of sulfonamides is 1. The molecule has 1 atom stereocenters. The van der Waals surface area contributed by atoms with Crippen LogP contribution in [0.2, 0.25) is 0 Å². The molecule has 0 amide bonds. The number of carboxylic acid groups (broad SMARTS) is 1. The van der Waals surface area contributed by atoms with E-state index in [0.717, 1.165) is 11.1 Å². The minimum atomic E-state index is -3.53. The molecule has 0 bridgehead atoms. The number of aryl methyl sites for hydroxylation is 2. The fraction of sp³-hybridized carbons (Fsp3) is 0.533. The van der Waals surface area contributed by atoms with Crippen molar-refractivity contribution in [1.29, 1.82) is 0 Å². The maximum Gasteiger partial charge on any atom is 0.320 e. The van der Waals surface area contributed by atoms with Crippen molar-refractivity contribution in [2.24, 2.45) is 0 Å². The van der Waals surface area contributed by atoms with Crippen LogP contribution >= 0.6 is 0 Å². The lowest BCUT2D eigenvalue weighted by Gasteiger charge is -2.36. The Bertz CT molecular complexity index is 664. The average molecular weight is 326 g/mol. The smallest absolute Gasteiger partial charge is 0.320 e. The third kappa shape index (κ3) is 3.31. The molecule has 1 heterocycles. The number of piperazine rings is 1. The van der Waals surface area contributed by atoms with Gasteiger partial charge in [0, 0.05) is 26.2 Å². The molecule has 1 aliphatic heterocycles. The van der Waals surface area contributed by atoms with Crippen molar-refractivity contribution in [2.45, 2.75) is 31.7 Å². The van der Waals surface area contributed by atoms with Gasteiger partial charge >= 0.3 is 5.97 Å². The van der Waals surface area contributed by atoms with Crippen LogP contribution in [-0.4, -0.2) is 60.9 Å². The summed E-state index contributed by atoms with van der Waals surface area (Å²) >= 11 is 0. The monoisotopic (exact) mass is 326 g/mol. The second kappa shape index (κ2) is 6.36. The van der Waals surface area contributed by atoms with Gasteiger partial charge in [0.15, 0.2) is 0 Å². The molecule has 0 radical (unpaired) electrons. The average Bonchev–Trinajstić information content (AvgIpc) is 2.48. The summed E-state index contributed by atoms with van der Waals surface area (Å²) in [6, 6.07) is 4.80. The van der Waals surface area contributed by atoms with Crippen molar-refractivity contribution in [3.8, 4) is 0 Å². The van der Waals surface area contributed by atoms with Gasteiger partial charge in [-0.25, -0.2) is 8.42 Å². The largest absolute Gasteiger partial charge is 0.480 e. The number of nitrogens with zero attached hydrogens (tertiary/aromatic N) is 2. The zero-order valence-corrected chi connectivity index (χ0v) is 13.9. The molecule has 0 aromatic heterocycles. The van der Waals surface area contributed by atoms with Crippen LogP contribution in [0.25, 0.3) is 0 Å². The van der Waals surface area contributed by atoms with Crippen LogP contribution in [0.3, 0.4) is 0 Å². The fourth-order valence-corrected chi connectivity index (χ4v) is 4.34. The van der Waals surface area contributed by atoms with E-state index in [4.69, 9.17) is 5.11 Å². The normalized spacial score (nSPS) is 19.0.